The van der Waals surface area contributed by atoms with E-state index in [1.54, 1.807) is 18.4 Å². The molecule has 0 unspecified atom stereocenters. The molecule has 0 aliphatic rings. The number of urea groups is 1. The molecular formula is C6H10N3OS+. The van der Waals surface area contributed by atoms with E-state index in [1.807, 2.05) is 10.9 Å². The lowest BCUT2D eigenvalue weighted by Gasteiger charge is -1.97. The van der Waals surface area contributed by atoms with E-state index in [9.17, 15) is 4.79 Å². The summed E-state index contributed by atoms with van der Waals surface area (Å²) in [5.41, 5.74) is 2.87. The number of aromatic amines is 1. The van der Waals surface area contributed by atoms with E-state index >= 15 is 0 Å². The van der Waals surface area contributed by atoms with Crippen molar-refractivity contribution in [2.45, 2.75) is 6.54 Å². The zero-order valence-electron chi connectivity index (χ0n) is 6.18. The summed E-state index contributed by atoms with van der Waals surface area (Å²) < 4.78 is 0. The van der Waals surface area contributed by atoms with Crippen LogP contribution in [0.15, 0.2) is 10.9 Å². The molecule has 0 atom stereocenters. The number of amides is 2. The molecule has 0 aromatic carbocycles. The second kappa shape index (κ2) is 3.92. The summed E-state index contributed by atoms with van der Waals surface area (Å²) in [6.45, 7) is 0.545. The van der Waals surface area contributed by atoms with Crippen molar-refractivity contribution in [3.05, 3.63) is 16.6 Å². The van der Waals surface area contributed by atoms with Gasteiger partial charge in [0, 0.05) is 7.05 Å². The summed E-state index contributed by atoms with van der Waals surface area (Å²) in [5, 5.41) is 7.08. The van der Waals surface area contributed by atoms with Crippen LogP contribution in [-0.4, -0.2) is 13.1 Å². The van der Waals surface area contributed by atoms with Gasteiger partial charge in [-0.05, 0) is 0 Å². The summed E-state index contributed by atoms with van der Waals surface area (Å²) >= 11 is 1.57. The zero-order chi connectivity index (χ0) is 8.10. The molecule has 4 nitrogen and oxygen atoms in total. The van der Waals surface area contributed by atoms with Gasteiger partial charge in [-0.2, -0.15) is 0 Å². The van der Waals surface area contributed by atoms with Crippen LogP contribution in [0.3, 0.4) is 0 Å². The number of carbonyl (C=O) groups excluding carboxylic acids is 1. The van der Waals surface area contributed by atoms with Crippen LogP contribution in [0.4, 0.5) is 4.79 Å². The van der Waals surface area contributed by atoms with Crippen LogP contribution in [0.1, 0.15) is 5.69 Å². The summed E-state index contributed by atoms with van der Waals surface area (Å²) in [4.78, 5) is 13.7. The minimum atomic E-state index is -0.162. The van der Waals surface area contributed by atoms with Crippen molar-refractivity contribution in [1.29, 1.82) is 0 Å². The average molecular weight is 172 g/mol. The van der Waals surface area contributed by atoms with Gasteiger partial charge >= 0.3 is 6.03 Å². The smallest absolute Gasteiger partial charge is 0.315 e. The highest BCUT2D eigenvalue weighted by molar-refractivity contribution is 7.07. The van der Waals surface area contributed by atoms with Crippen LogP contribution in [-0.2, 0) is 6.54 Å². The molecule has 0 saturated carbocycles. The Morgan fingerprint density at radius 1 is 1.82 bits per heavy atom. The number of aromatic nitrogens is 1. The molecule has 0 bridgehead atoms. The molecule has 1 heterocycles. The molecular weight excluding hydrogens is 162 g/mol. The molecule has 1 rings (SSSR count). The highest BCUT2D eigenvalue weighted by Crippen LogP contribution is 1.93. The van der Waals surface area contributed by atoms with Gasteiger partial charge in [-0.25, -0.2) is 9.78 Å². The maximum Gasteiger partial charge on any atom is 0.315 e. The van der Waals surface area contributed by atoms with Crippen molar-refractivity contribution < 1.29 is 9.78 Å². The largest absolute Gasteiger partial charge is 0.341 e. The Hall–Kier alpha value is -1.10. The average Bonchev–Trinajstić information content (AvgIpc) is 2.52. The number of nitrogens with one attached hydrogen (secondary N) is 3. The number of rotatable bonds is 2. The predicted octanol–water partition coefficient (Wildman–Crippen LogP) is -0.00880. The molecule has 1 aromatic rings. The molecule has 0 saturated heterocycles. The topological polar surface area (TPSA) is 55.3 Å². The van der Waals surface area contributed by atoms with Crippen molar-refractivity contribution >= 4 is 17.4 Å². The number of hydrogen-bond donors (Lipinski definition) is 2. The maximum absolute atomic E-state index is 10.7. The van der Waals surface area contributed by atoms with Crippen molar-refractivity contribution in [2.24, 2.45) is 0 Å². The number of hydrogen-bond acceptors (Lipinski definition) is 2. The third kappa shape index (κ3) is 2.55. The fourth-order valence-electron chi connectivity index (χ4n) is 0.616. The Kier molecular flexibility index (Phi) is 2.85. The van der Waals surface area contributed by atoms with E-state index in [0.717, 1.165) is 5.69 Å². The second-order valence-corrected chi connectivity index (χ2v) is 2.72. The molecule has 0 spiro atoms. The van der Waals surface area contributed by atoms with Crippen LogP contribution in [0.5, 0.6) is 0 Å². The van der Waals surface area contributed by atoms with E-state index in [2.05, 4.69) is 15.6 Å². The normalized spacial score (nSPS) is 9.18. The van der Waals surface area contributed by atoms with Gasteiger partial charge in [0.15, 0.2) is 0 Å². The maximum atomic E-state index is 10.7. The monoisotopic (exact) mass is 172 g/mol. The SMILES string of the molecule is CNC(=O)NCc1csc[nH+]1. The van der Waals surface area contributed by atoms with Gasteiger partial charge in [0.2, 0.25) is 11.2 Å². The molecule has 0 aliphatic carbocycles. The lowest BCUT2D eigenvalue weighted by molar-refractivity contribution is -0.383. The van der Waals surface area contributed by atoms with E-state index in [-0.39, 0.29) is 6.03 Å². The molecule has 1 aromatic heterocycles. The van der Waals surface area contributed by atoms with Gasteiger partial charge in [-0.3, -0.25) is 0 Å². The number of thiazole rings is 1. The Bertz CT molecular complexity index is 222. The molecule has 0 aliphatic heterocycles. The first kappa shape index (κ1) is 8.00. The van der Waals surface area contributed by atoms with Crippen molar-refractivity contribution in [2.75, 3.05) is 7.05 Å². The minimum absolute atomic E-state index is 0.162. The number of carbonyl (C=O) groups is 1. The van der Waals surface area contributed by atoms with Crippen LogP contribution in [0.25, 0.3) is 0 Å². The van der Waals surface area contributed by atoms with Crippen molar-refractivity contribution in [3.8, 4) is 0 Å². The fourth-order valence-corrected chi connectivity index (χ4v) is 1.22. The van der Waals surface area contributed by atoms with Crippen LogP contribution >= 0.6 is 11.3 Å². The third-order valence-corrected chi connectivity index (χ3v) is 1.86. The molecule has 0 fully saturated rings. The minimum Gasteiger partial charge on any atom is -0.341 e. The van der Waals surface area contributed by atoms with E-state index in [0.29, 0.717) is 6.54 Å². The zero-order valence-corrected chi connectivity index (χ0v) is 6.99. The van der Waals surface area contributed by atoms with E-state index in [1.165, 1.54) is 0 Å². The van der Waals surface area contributed by atoms with Gasteiger partial charge in [0.1, 0.15) is 6.54 Å². The number of H-pyrrole nitrogens is 1. The van der Waals surface area contributed by atoms with Gasteiger partial charge < -0.3 is 10.6 Å². The van der Waals surface area contributed by atoms with E-state index in [4.69, 9.17) is 0 Å². The highest BCUT2D eigenvalue weighted by atomic mass is 32.1. The lowest BCUT2D eigenvalue weighted by atomic mass is 10.5. The van der Waals surface area contributed by atoms with Gasteiger partial charge in [0.05, 0.1) is 5.38 Å². The van der Waals surface area contributed by atoms with Gasteiger partial charge in [0.25, 0.3) is 0 Å². The summed E-state index contributed by atoms with van der Waals surface area (Å²) in [6.07, 6.45) is 0. The van der Waals surface area contributed by atoms with Crippen LogP contribution in [0, 0.1) is 0 Å². The Balaban J connectivity index is 2.29. The van der Waals surface area contributed by atoms with Crippen molar-refractivity contribution in [3.63, 3.8) is 0 Å². The first-order chi connectivity index (χ1) is 5.33. The van der Waals surface area contributed by atoms with Gasteiger partial charge in [-0.15, -0.1) is 0 Å². The van der Waals surface area contributed by atoms with E-state index < -0.39 is 0 Å². The summed E-state index contributed by atoms with van der Waals surface area (Å²) in [5.74, 6) is 0. The third-order valence-electron chi connectivity index (χ3n) is 1.19. The highest BCUT2D eigenvalue weighted by Gasteiger charge is 2.02. The fraction of sp³-hybridized carbons (Fsp3) is 0.333. The van der Waals surface area contributed by atoms with Gasteiger partial charge in [-0.1, -0.05) is 11.3 Å². The molecule has 5 heteroatoms. The summed E-state index contributed by atoms with van der Waals surface area (Å²) in [7, 11) is 1.59. The molecule has 60 valence electrons. The second-order valence-electron chi connectivity index (χ2n) is 1.97. The molecule has 2 amide bonds. The predicted molar refractivity (Wildman–Crippen MR) is 42.2 cm³/mol. The van der Waals surface area contributed by atoms with Crippen LogP contribution < -0.4 is 15.6 Å². The van der Waals surface area contributed by atoms with Crippen molar-refractivity contribution in [1.82, 2.24) is 10.6 Å². The Morgan fingerprint density at radius 2 is 2.64 bits per heavy atom. The first-order valence-electron chi connectivity index (χ1n) is 3.21. The molecule has 11 heavy (non-hydrogen) atoms. The lowest BCUT2D eigenvalue weighted by Crippen LogP contribution is -2.33. The Morgan fingerprint density at radius 3 is 3.18 bits per heavy atom. The standard InChI is InChI=1S/C6H9N3OS/c1-7-6(10)8-2-5-3-11-4-9-5/h3-4H,2H2,1H3,(H2,7,8,10)/p+1. The molecule has 3 N–H and O–H groups in total. The van der Waals surface area contributed by atoms with Crippen LogP contribution in [0.2, 0.25) is 0 Å². The quantitative estimate of drug-likeness (QED) is 0.647. The summed E-state index contributed by atoms with van der Waals surface area (Å²) in [6, 6.07) is -0.162. The molecule has 0 radical (unpaired) electrons. The Labute approximate surface area is 68.6 Å². The first-order valence-corrected chi connectivity index (χ1v) is 4.15.